The van der Waals surface area contributed by atoms with Crippen LogP contribution in [0.3, 0.4) is 0 Å². The largest absolute Gasteiger partial charge is 0.349 e. The van der Waals surface area contributed by atoms with E-state index in [1.54, 1.807) is 4.31 Å². The van der Waals surface area contributed by atoms with E-state index in [9.17, 15) is 13.2 Å². The molecular formula is C24H29N3O3S. The predicted octanol–water partition coefficient (Wildman–Crippen LogP) is 3.62. The fraction of sp³-hybridized carbons (Fsp3) is 0.375. The lowest BCUT2D eigenvalue weighted by Gasteiger charge is -2.31. The zero-order valence-corrected chi connectivity index (χ0v) is 18.6. The molecule has 0 aliphatic carbocycles. The normalized spacial score (nSPS) is 15.9. The second kappa shape index (κ2) is 9.24. The smallest absolute Gasteiger partial charge is 0.253 e. The van der Waals surface area contributed by atoms with Crippen molar-refractivity contribution in [3.05, 3.63) is 71.9 Å². The number of aromatic nitrogens is 1. The fourth-order valence-electron chi connectivity index (χ4n) is 4.27. The van der Waals surface area contributed by atoms with Gasteiger partial charge >= 0.3 is 0 Å². The van der Waals surface area contributed by atoms with E-state index in [1.807, 2.05) is 55.6 Å². The van der Waals surface area contributed by atoms with Crippen LogP contribution in [-0.4, -0.2) is 48.1 Å². The molecule has 0 unspecified atom stereocenters. The van der Waals surface area contributed by atoms with E-state index >= 15 is 0 Å². The first-order valence-corrected chi connectivity index (χ1v) is 12.5. The van der Waals surface area contributed by atoms with Gasteiger partial charge in [-0.1, -0.05) is 55.5 Å². The van der Waals surface area contributed by atoms with Crippen molar-refractivity contribution >= 4 is 26.8 Å². The molecule has 3 aromatic rings. The number of hydrogen-bond acceptors (Lipinski definition) is 3. The molecule has 1 N–H and O–H groups in total. The van der Waals surface area contributed by atoms with Crippen molar-refractivity contribution in [2.24, 2.45) is 0 Å². The van der Waals surface area contributed by atoms with Gasteiger partial charge in [0.15, 0.2) is 0 Å². The molecule has 0 saturated carbocycles. The first kappa shape index (κ1) is 21.6. The molecule has 4 rings (SSSR count). The van der Waals surface area contributed by atoms with Gasteiger partial charge in [-0.2, -0.15) is 0 Å². The molecular weight excluding hydrogens is 410 g/mol. The number of carbonyl (C=O) groups excluding carboxylic acids is 1. The number of hydrogen-bond donors (Lipinski definition) is 1. The van der Waals surface area contributed by atoms with Gasteiger partial charge in [-0.15, -0.1) is 0 Å². The lowest BCUT2D eigenvalue weighted by atomic mass is 10.1. The third kappa shape index (κ3) is 4.83. The van der Waals surface area contributed by atoms with Crippen molar-refractivity contribution in [2.45, 2.75) is 38.8 Å². The highest BCUT2D eigenvalue weighted by Crippen LogP contribution is 2.23. The molecule has 164 valence electrons. The van der Waals surface area contributed by atoms with Gasteiger partial charge in [0.1, 0.15) is 0 Å². The number of para-hydroxylation sites is 1. The molecule has 7 heteroatoms. The monoisotopic (exact) mass is 439 g/mol. The van der Waals surface area contributed by atoms with Crippen LogP contribution in [0.1, 0.15) is 42.1 Å². The van der Waals surface area contributed by atoms with E-state index < -0.39 is 10.0 Å². The van der Waals surface area contributed by atoms with Gasteiger partial charge in [-0.3, -0.25) is 4.79 Å². The minimum atomic E-state index is -3.18. The number of rotatable bonds is 7. The number of nitrogens with one attached hydrogen (secondary N) is 1. The van der Waals surface area contributed by atoms with E-state index in [2.05, 4.69) is 22.0 Å². The summed E-state index contributed by atoms with van der Waals surface area (Å²) in [4.78, 5) is 13.1. The molecule has 1 fully saturated rings. The molecule has 0 atom stereocenters. The second-order valence-corrected chi connectivity index (χ2v) is 10.2. The molecule has 1 saturated heterocycles. The maximum Gasteiger partial charge on any atom is 0.253 e. The van der Waals surface area contributed by atoms with Crippen LogP contribution in [0, 0.1) is 0 Å². The highest BCUT2D eigenvalue weighted by Gasteiger charge is 2.28. The summed E-state index contributed by atoms with van der Waals surface area (Å²) in [5.74, 6) is 0.0863. The molecule has 2 aromatic carbocycles. The Kier molecular flexibility index (Phi) is 6.43. The van der Waals surface area contributed by atoms with Gasteiger partial charge in [0.2, 0.25) is 10.0 Å². The quantitative estimate of drug-likeness (QED) is 0.611. The van der Waals surface area contributed by atoms with Crippen molar-refractivity contribution in [1.29, 1.82) is 0 Å². The number of benzene rings is 2. The Labute approximate surface area is 183 Å². The summed E-state index contributed by atoms with van der Waals surface area (Å²) in [5, 5.41) is 4.06. The van der Waals surface area contributed by atoms with Gasteiger partial charge in [-0.25, -0.2) is 12.7 Å². The van der Waals surface area contributed by atoms with E-state index in [-0.39, 0.29) is 17.7 Å². The first-order valence-electron chi connectivity index (χ1n) is 10.9. The highest BCUT2D eigenvalue weighted by atomic mass is 32.2. The van der Waals surface area contributed by atoms with E-state index in [4.69, 9.17) is 0 Å². The zero-order valence-electron chi connectivity index (χ0n) is 17.8. The Bertz CT molecular complexity index is 1150. The van der Waals surface area contributed by atoms with Crippen LogP contribution in [0.25, 0.3) is 10.9 Å². The second-order valence-electron chi connectivity index (χ2n) is 8.14. The third-order valence-electron chi connectivity index (χ3n) is 5.87. The number of piperidine rings is 1. The molecule has 1 aliphatic rings. The molecule has 0 spiro atoms. The van der Waals surface area contributed by atoms with Crippen LogP contribution in [0.2, 0.25) is 0 Å². The summed E-state index contributed by atoms with van der Waals surface area (Å²) < 4.78 is 28.2. The van der Waals surface area contributed by atoms with E-state index in [0.717, 1.165) is 10.9 Å². The molecule has 1 amide bonds. The Morgan fingerprint density at radius 3 is 2.42 bits per heavy atom. The van der Waals surface area contributed by atoms with Gasteiger partial charge in [0.05, 0.1) is 11.3 Å². The van der Waals surface area contributed by atoms with Crippen molar-refractivity contribution in [3.8, 4) is 0 Å². The predicted molar refractivity (Wildman–Crippen MR) is 124 cm³/mol. The number of sulfonamides is 1. The van der Waals surface area contributed by atoms with Gasteiger partial charge in [-0.05, 0) is 30.9 Å². The standard InChI is InChI=1S/C24H29N3O3S/c1-2-16-31(29,30)27-14-12-20(13-15-27)25-24(28)22-18-26(17-19-8-4-3-5-9-19)23-11-7-6-10-21(22)23/h3-11,18,20H,2,12-17H2,1H3,(H,25,28). The van der Waals surface area contributed by atoms with Crippen molar-refractivity contribution in [3.63, 3.8) is 0 Å². The SMILES string of the molecule is CCCS(=O)(=O)N1CCC(NC(=O)c2cn(Cc3ccccc3)c3ccccc23)CC1. The Morgan fingerprint density at radius 1 is 1.03 bits per heavy atom. The summed E-state index contributed by atoms with van der Waals surface area (Å²) in [6, 6.07) is 18.1. The number of nitrogens with zero attached hydrogens (tertiary/aromatic N) is 2. The molecule has 0 radical (unpaired) electrons. The first-order chi connectivity index (χ1) is 15.0. The summed E-state index contributed by atoms with van der Waals surface area (Å²) in [6.45, 7) is 3.49. The Hall–Kier alpha value is -2.64. The summed E-state index contributed by atoms with van der Waals surface area (Å²) >= 11 is 0. The van der Waals surface area contributed by atoms with Crippen molar-refractivity contribution in [1.82, 2.24) is 14.2 Å². The summed E-state index contributed by atoms with van der Waals surface area (Å²) in [6.07, 6.45) is 3.81. The fourth-order valence-corrected chi connectivity index (χ4v) is 5.81. The van der Waals surface area contributed by atoms with Crippen LogP contribution < -0.4 is 5.32 Å². The molecule has 2 heterocycles. The highest BCUT2D eigenvalue weighted by molar-refractivity contribution is 7.89. The number of fused-ring (bicyclic) bond motifs is 1. The summed E-state index contributed by atoms with van der Waals surface area (Å²) in [5.41, 5.74) is 2.86. The van der Waals surface area contributed by atoms with Gasteiger partial charge in [0.25, 0.3) is 5.91 Å². The average Bonchev–Trinajstić information content (AvgIpc) is 3.13. The van der Waals surface area contributed by atoms with Crippen LogP contribution in [0.4, 0.5) is 0 Å². The van der Waals surface area contributed by atoms with E-state index in [1.165, 1.54) is 5.56 Å². The lowest BCUT2D eigenvalue weighted by Crippen LogP contribution is -2.47. The molecule has 1 aliphatic heterocycles. The van der Waals surface area contributed by atoms with Crippen LogP contribution >= 0.6 is 0 Å². The lowest BCUT2D eigenvalue weighted by molar-refractivity contribution is 0.0925. The molecule has 6 nitrogen and oxygen atoms in total. The van der Waals surface area contributed by atoms with Crippen molar-refractivity contribution < 1.29 is 13.2 Å². The molecule has 31 heavy (non-hydrogen) atoms. The zero-order chi connectivity index (χ0) is 21.8. The summed E-state index contributed by atoms with van der Waals surface area (Å²) in [7, 11) is -3.18. The average molecular weight is 440 g/mol. The topological polar surface area (TPSA) is 71.4 Å². The Morgan fingerprint density at radius 2 is 1.71 bits per heavy atom. The minimum Gasteiger partial charge on any atom is -0.349 e. The molecule has 1 aromatic heterocycles. The maximum atomic E-state index is 13.1. The molecule has 0 bridgehead atoms. The maximum absolute atomic E-state index is 13.1. The number of carbonyl (C=O) groups is 1. The third-order valence-corrected chi connectivity index (χ3v) is 7.95. The van der Waals surface area contributed by atoms with Gasteiger partial charge in [0, 0.05) is 42.8 Å². The number of amides is 1. The van der Waals surface area contributed by atoms with E-state index in [0.29, 0.717) is 44.5 Å². The van der Waals surface area contributed by atoms with Crippen molar-refractivity contribution in [2.75, 3.05) is 18.8 Å². The van der Waals surface area contributed by atoms with Crippen LogP contribution in [0.15, 0.2) is 60.8 Å². The Balaban J connectivity index is 1.48. The van der Waals surface area contributed by atoms with Crippen LogP contribution in [0.5, 0.6) is 0 Å². The van der Waals surface area contributed by atoms with Gasteiger partial charge < -0.3 is 9.88 Å². The minimum absolute atomic E-state index is 0.0168. The van der Waals surface area contributed by atoms with Crippen LogP contribution in [-0.2, 0) is 16.6 Å².